The Bertz CT molecular complexity index is 2160. The molecule has 2 aliphatic heterocycles. The minimum absolute atomic E-state index is 0.0594. The molecule has 0 unspecified atom stereocenters. The molecule has 312 valence electrons. The highest BCUT2D eigenvalue weighted by Gasteiger charge is 2.52. The van der Waals surface area contributed by atoms with E-state index in [1.165, 1.54) is 56.7 Å². The minimum Gasteiger partial charge on any atom is -0.508 e. The van der Waals surface area contributed by atoms with E-state index in [2.05, 4.69) is 0 Å². The molecule has 3 heterocycles. The highest BCUT2D eigenvalue weighted by atomic mass is 16.8. The lowest BCUT2D eigenvalue weighted by Crippen LogP contribution is -2.65. The van der Waals surface area contributed by atoms with Crippen molar-refractivity contribution in [3.05, 3.63) is 70.4 Å². The quantitative estimate of drug-likeness (QED) is 0.0640. The first-order valence-corrected chi connectivity index (χ1v) is 17.4. The Morgan fingerprint density at radius 2 is 1.41 bits per heavy atom. The Hall–Kier alpha value is -5.68. The van der Waals surface area contributed by atoms with Crippen LogP contribution in [0.4, 0.5) is 0 Å². The van der Waals surface area contributed by atoms with Gasteiger partial charge in [-0.2, -0.15) is 0 Å². The lowest BCUT2D eigenvalue weighted by atomic mass is 9.97. The first kappa shape index (κ1) is 41.9. The molecule has 20 nitrogen and oxygen atoms in total. The van der Waals surface area contributed by atoms with Gasteiger partial charge in [-0.1, -0.05) is 0 Å². The molecule has 6 rings (SSSR count). The van der Waals surface area contributed by atoms with Crippen LogP contribution in [0.25, 0.3) is 28.4 Å². The summed E-state index contributed by atoms with van der Waals surface area (Å²) in [6.07, 6.45) is -16.5. The number of fused-ring (bicyclic) bond motifs is 1. The third-order valence-electron chi connectivity index (χ3n) is 9.37. The van der Waals surface area contributed by atoms with E-state index in [0.717, 1.165) is 18.2 Å². The van der Waals surface area contributed by atoms with Crippen LogP contribution in [0.1, 0.15) is 5.56 Å². The van der Waals surface area contributed by atoms with Gasteiger partial charge in [0.25, 0.3) is 0 Å². The van der Waals surface area contributed by atoms with Gasteiger partial charge in [-0.05, 0) is 48.0 Å². The maximum atomic E-state index is 14.0. The molecule has 10 atom stereocenters. The van der Waals surface area contributed by atoms with Gasteiger partial charge < -0.3 is 88.6 Å². The van der Waals surface area contributed by atoms with E-state index in [-0.39, 0.29) is 39.9 Å². The van der Waals surface area contributed by atoms with Crippen LogP contribution >= 0.6 is 0 Å². The molecule has 58 heavy (non-hydrogen) atoms. The van der Waals surface area contributed by atoms with E-state index in [9.17, 15) is 60.7 Å². The van der Waals surface area contributed by atoms with E-state index >= 15 is 0 Å². The summed E-state index contributed by atoms with van der Waals surface area (Å²) < 4.78 is 44.4. The van der Waals surface area contributed by atoms with Crippen molar-refractivity contribution in [2.45, 2.75) is 61.4 Å². The second-order valence-corrected chi connectivity index (χ2v) is 13.2. The molecule has 0 radical (unpaired) electrons. The maximum Gasteiger partial charge on any atom is 0.330 e. The lowest BCUT2D eigenvalue weighted by molar-refractivity contribution is -0.358. The number of esters is 1. The zero-order chi connectivity index (χ0) is 42.0. The van der Waals surface area contributed by atoms with Crippen LogP contribution in [-0.4, -0.2) is 146 Å². The summed E-state index contributed by atoms with van der Waals surface area (Å²) in [5.74, 6) is -3.44. The van der Waals surface area contributed by atoms with Crippen LogP contribution in [0.5, 0.6) is 40.2 Å². The number of aromatic hydroxyl groups is 4. The van der Waals surface area contributed by atoms with Crippen molar-refractivity contribution in [3.8, 4) is 51.6 Å². The third-order valence-corrected chi connectivity index (χ3v) is 9.37. The fourth-order valence-corrected chi connectivity index (χ4v) is 6.30. The van der Waals surface area contributed by atoms with E-state index in [1.54, 1.807) is 0 Å². The van der Waals surface area contributed by atoms with E-state index < -0.39 is 109 Å². The summed E-state index contributed by atoms with van der Waals surface area (Å²) in [5, 5.41) is 104. The van der Waals surface area contributed by atoms with Crippen LogP contribution in [-0.2, 0) is 23.7 Å². The predicted molar refractivity (Wildman–Crippen MR) is 194 cm³/mol. The molecule has 0 spiro atoms. The molecular weight excluding hydrogens is 776 g/mol. The van der Waals surface area contributed by atoms with Gasteiger partial charge >= 0.3 is 5.97 Å². The number of rotatable bonds is 12. The number of hydrogen-bond acceptors (Lipinski definition) is 20. The highest BCUT2D eigenvalue weighted by molar-refractivity contribution is 5.88. The molecule has 4 aromatic rings. The van der Waals surface area contributed by atoms with E-state index in [0.29, 0.717) is 5.56 Å². The van der Waals surface area contributed by atoms with Crippen LogP contribution in [0.3, 0.4) is 0 Å². The minimum atomic E-state index is -2.05. The highest BCUT2D eigenvalue weighted by Crippen LogP contribution is 2.39. The summed E-state index contributed by atoms with van der Waals surface area (Å²) in [6, 6.07) is 9.91. The molecular formula is C38H40O20. The average Bonchev–Trinajstić information content (AvgIpc) is 3.20. The maximum absolute atomic E-state index is 14.0. The predicted octanol–water partition coefficient (Wildman–Crippen LogP) is -0.433. The molecule has 2 saturated heterocycles. The van der Waals surface area contributed by atoms with E-state index in [1.807, 2.05) is 0 Å². The smallest absolute Gasteiger partial charge is 0.330 e. The average molecular weight is 817 g/mol. The van der Waals surface area contributed by atoms with Crippen LogP contribution in [0, 0.1) is 0 Å². The van der Waals surface area contributed by atoms with Crippen LogP contribution in [0.2, 0.25) is 0 Å². The Balaban J connectivity index is 1.26. The van der Waals surface area contributed by atoms with Crippen molar-refractivity contribution in [1.29, 1.82) is 0 Å². The number of carbonyl (C=O) groups is 1. The number of aliphatic hydroxyl groups is 6. The topological polar surface area (TPSA) is 314 Å². The van der Waals surface area contributed by atoms with E-state index in [4.69, 9.17) is 37.6 Å². The van der Waals surface area contributed by atoms with Crippen LogP contribution < -0.4 is 19.6 Å². The molecule has 1 aromatic heterocycles. The summed E-state index contributed by atoms with van der Waals surface area (Å²) in [6.45, 7) is -1.60. The Labute approximate surface area is 327 Å². The molecule has 0 bridgehead atoms. The molecule has 2 fully saturated rings. The van der Waals surface area contributed by atoms with Crippen molar-refractivity contribution in [2.75, 3.05) is 27.4 Å². The SMILES string of the molecule is COc1cc(/C=C\C(=O)OC[C@@H]2O[C@@H](O[C@@H]3[C@@H](Oc4c(-c5ccc(O)cc5)oc5cc(O)cc(O)c5c4=O)O[C@@H](CO)[C@H](O)[C@H]3O)[C@H](O)[C@@H](O)[C@@H]2O)cc(OC)c1O. The van der Waals surface area contributed by atoms with Crippen molar-refractivity contribution in [3.63, 3.8) is 0 Å². The summed E-state index contributed by atoms with van der Waals surface area (Å²) >= 11 is 0. The fraction of sp³-hybridized carbons (Fsp3) is 0.368. The van der Waals surface area contributed by atoms with Crippen molar-refractivity contribution < 1.29 is 93.4 Å². The zero-order valence-corrected chi connectivity index (χ0v) is 30.5. The Morgan fingerprint density at radius 1 is 0.776 bits per heavy atom. The standard InChI is InChI=1S/C38H40O20/c1-51-21-9-15(10-22(52-2)27(21)44)3-8-25(43)53-14-24-29(46)31(48)33(50)37(56-24)58-36-32(49)28(45)23(13-39)55-38(36)57-35-30(47)26-19(42)11-18(41)12-20(26)54-34(35)16-4-6-17(40)7-5-16/h3-12,23-24,28-29,31-33,36-42,44-46,48-50H,13-14H2,1-2H3/b8-3-/t23-,24-,28-,29+,31-,32+,33+,36-,37-,38+/m0/s1. The number of ether oxygens (including phenoxy) is 7. The number of aliphatic hydroxyl groups excluding tert-OH is 6. The number of phenols is 4. The van der Waals surface area contributed by atoms with Crippen molar-refractivity contribution >= 4 is 23.0 Å². The molecule has 0 amide bonds. The molecule has 2 aliphatic rings. The van der Waals surface area contributed by atoms with Gasteiger partial charge in [-0.15, -0.1) is 0 Å². The number of hydrogen-bond donors (Lipinski definition) is 10. The van der Waals surface area contributed by atoms with Gasteiger partial charge in [0, 0.05) is 23.8 Å². The number of benzene rings is 3. The molecule has 0 saturated carbocycles. The van der Waals surface area contributed by atoms with Crippen molar-refractivity contribution in [1.82, 2.24) is 0 Å². The van der Waals surface area contributed by atoms with Crippen molar-refractivity contribution in [2.24, 2.45) is 0 Å². The fourth-order valence-electron chi connectivity index (χ4n) is 6.30. The van der Waals surface area contributed by atoms with Gasteiger partial charge in [0.2, 0.25) is 23.2 Å². The van der Waals surface area contributed by atoms with Gasteiger partial charge in [0.1, 0.15) is 77.6 Å². The molecule has 20 heteroatoms. The Morgan fingerprint density at radius 3 is 2.05 bits per heavy atom. The first-order valence-electron chi connectivity index (χ1n) is 17.4. The second-order valence-electron chi connectivity index (χ2n) is 13.2. The molecule has 10 N–H and O–H groups in total. The van der Waals surface area contributed by atoms with Gasteiger partial charge in [0.15, 0.2) is 29.7 Å². The molecule has 0 aliphatic carbocycles. The van der Waals surface area contributed by atoms with Gasteiger partial charge in [-0.3, -0.25) is 4.79 Å². The summed E-state index contributed by atoms with van der Waals surface area (Å²) in [7, 11) is 2.63. The first-order chi connectivity index (χ1) is 27.6. The zero-order valence-electron chi connectivity index (χ0n) is 30.5. The Kier molecular flexibility index (Phi) is 12.6. The van der Waals surface area contributed by atoms with Crippen LogP contribution in [0.15, 0.2) is 63.8 Å². The second kappa shape index (κ2) is 17.4. The van der Waals surface area contributed by atoms with Gasteiger partial charge in [-0.25, -0.2) is 4.79 Å². The number of carbonyl (C=O) groups excluding carboxylic acids is 1. The third kappa shape index (κ3) is 8.45. The number of methoxy groups -OCH3 is 2. The number of phenolic OH excluding ortho intramolecular Hbond substituents is 4. The normalized spacial score (nSPS) is 27.4. The summed E-state index contributed by atoms with van der Waals surface area (Å²) in [5.41, 5.74) is -0.821. The monoisotopic (exact) mass is 816 g/mol. The molecule has 3 aromatic carbocycles. The van der Waals surface area contributed by atoms with Gasteiger partial charge in [0.05, 0.1) is 20.8 Å². The lowest BCUT2D eigenvalue weighted by Gasteiger charge is -2.45. The summed E-state index contributed by atoms with van der Waals surface area (Å²) in [4.78, 5) is 26.6. The largest absolute Gasteiger partial charge is 0.508 e.